The molecule has 0 fully saturated rings. The molecule has 1 atom stereocenters. The number of hydrogen-bond acceptors (Lipinski definition) is 5. The molecule has 0 saturated carbocycles. The molecule has 1 amide bonds. The van der Waals surface area contributed by atoms with Crippen LogP contribution in [0.2, 0.25) is 0 Å². The molecule has 3 rings (SSSR count). The van der Waals surface area contributed by atoms with E-state index in [0.29, 0.717) is 12.2 Å². The van der Waals surface area contributed by atoms with E-state index in [9.17, 15) is 4.79 Å². The first-order valence-corrected chi connectivity index (χ1v) is 9.25. The van der Waals surface area contributed by atoms with E-state index in [0.717, 1.165) is 22.4 Å². The highest BCUT2D eigenvalue weighted by Gasteiger charge is 2.11. The first kappa shape index (κ1) is 20.1. The minimum atomic E-state index is -0.135. The number of benzene rings is 2. The van der Waals surface area contributed by atoms with E-state index in [1.54, 1.807) is 30.7 Å². The highest BCUT2D eigenvalue weighted by Crippen LogP contribution is 2.19. The van der Waals surface area contributed by atoms with Gasteiger partial charge in [0.1, 0.15) is 19.5 Å². The highest BCUT2D eigenvalue weighted by molar-refractivity contribution is 5.95. The zero-order chi connectivity index (χ0) is 20.5. The van der Waals surface area contributed by atoms with Crippen molar-refractivity contribution in [3.8, 4) is 5.75 Å². The third kappa shape index (κ3) is 5.90. The van der Waals surface area contributed by atoms with Crippen molar-refractivity contribution in [2.24, 2.45) is 5.16 Å². The van der Waals surface area contributed by atoms with Gasteiger partial charge in [-0.05, 0) is 48.4 Å². The van der Waals surface area contributed by atoms with Gasteiger partial charge >= 0.3 is 0 Å². The molecule has 1 heterocycles. The molecular formula is C23H23N3O3. The Balaban J connectivity index is 1.55. The van der Waals surface area contributed by atoms with Crippen LogP contribution in [0.25, 0.3) is 0 Å². The zero-order valence-electron chi connectivity index (χ0n) is 16.4. The van der Waals surface area contributed by atoms with E-state index in [1.807, 2.05) is 55.5 Å². The maximum atomic E-state index is 12.5. The van der Waals surface area contributed by atoms with Crippen LogP contribution in [-0.4, -0.2) is 24.2 Å². The van der Waals surface area contributed by atoms with E-state index in [4.69, 9.17) is 4.74 Å². The molecule has 0 aliphatic carbocycles. The fourth-order valence-corrected chi connectivity index (χ4v) is 2.70. The molecule has 1 aromatic heterocycles. The second-order valence-corrected chi connectivity index (χ2v) is 6.45. The Labute approximate surface area is 170 Å². The van der Waals surface area contributed by atoms with Gasteiger partial charge in [-0.25, -0.2) is 0 Å². The van der Waals surface area contributed by atoms with E-state index >= 15 is 0 Å². The van der Waals surface area contributed by atoms with Gasteiger partial charge < -0.3 is 14.9 Å². The number of ether oxygens (including phenoxy) is 1. The van der Waals surface area contributed by atoms with Gasteiger partial charge in [-0.1, -0.05) is 35.5 Å². The maximum Gasteiger partial charge on any atom is 0.251 e. The predicted molar refractivity (Wildman–Crippen MR) is 112 cm³/mol. The Hall–Kier alpha value is -3.67. The van der Waals surface area contributed by atoms with Crippen LogP contribution >= 0.6 is 0 Å². The topological polar surface area (TPSA) is 72.8 Å². The molecule has 0 saturated heterocycles. The van der Waals surface area contributed by atoms with Gasteiger partial charge in [-0.2, -0.15) is 0 Å². The van der Waals surface area contributed by atoms with Gasteiger partial charge in [0.25, 0.3) is 5.91 Å². The summed E-state index contributed by atoms with van der Waals surface area (Å²) in [7, 11) is 1.49. The van der Waals surface area contributed by atoms with Crippen molar-refractivity contribution in [1.82, 2.24) is 10.3 Å². The Morgan fingerprint density at radius 3 is 2.55 bits per heavy atom. The van der Waals surface area contributed by atoms with Crippen LogP contribution in [0.15, 0.2) is 78.2 Å². The molecule has 0 radical (unpaired) electrons. The zero-order valence-corrected chi connectivity index (χ0v) is 16.4. The number of amides is 1. The average molecular weight is 389 g/mol. The number of nitrogens with one attached hydrogen (secondary N) is 1. The van der Waals surface area contributed by atoms with E-state index < -0.39 is 0 Å². The summed E-state index contributed by atoms with van der Waals surface area (Å²) in [5.74, 6) is 0.633. The van der Waals surface area contributed by atoms with Crippen LogP contribution in [0, 0.1) is 0 Å². The van der Waals surface area contributed by atoms with Crippen molar-refractivity contribution < 1.29 is 14.4 Å². The van der Waals surface area contributed by atoms with Crippen molar-refractivity contribution in [2.45, 2.75) is 19.6 Å². The molecule has 6 nitrogen and oxygen atoms in total. The lowest BCUT2D eigenvalue weighted by atomic mass is 10.1. The summed E-state index contributed by atoms with van der Waals surface area (Å²) in [6, 6.07) is 18.6. The molecule has 0 aliphatic rings. The lowest BCUT2D eigenvalue weighted by molar-refractivity contribution is 0.0940. The molecule has 29 heavy (non-hydrogen) atoms. The molecule has 0 spiro atoms. The number of nitrogens with zero attached hydrogens (tertiary/aromatic N) is 2. The number of carbonyl (C=O) groups excluding carboxylic acids is 1. The Morgan fingerprint density at radius 1 is 1.14 bits per heavy atom. The van der Waals surface area contributed by atoms with Crippen molar-refractivity contribution in [2.75, 3.05) is 7.11 Å². The first-order valence-electron chi connectivity index (χ1n) is 9.25. The molecule has 6 heteroatoms. The van der Waals surface area contributed by atoms with Crippen molar-refractivity contribution in [3.05, 3.63) is 95.3 Å². The smallest absolute Gasteiger partial charge is 0.251 e. The summed E-state index contributed by atoms with van der Waals surface area (Å²) in [6.45, 7) is 2.41. The van der Waals surface area contributed by atoms with Crippen LogP contribution in [-0.2, 0) is 11.4 Å². The van der Waals surface area contributed by atoms with E-state index in [2.05, 4.69) is 20.3 Å². The molecule has 1 unspecified atom stereocenters. The lowest BCUT2D eigenvalue weighted by Crippen LogP contribution is -2.26. The van der Waals surface area contributed by atoms with Gasteiger partial charge in [0.15, 0.2) is 0 Å². The summed E-state index contributed by atoms with van der Waals surface area (Å²) in [6.07, 6.45) is 5.10. The predicted octanol–water partition coefficient (Wildman–Crippen LogP) is 4.13. The van der Waals surface area contributed by atoms with Gasteiger partial charge in [-0.15, -0.1) is 0 Å². The third-order valence-electron chi connectivity index (χ3n) is 4.34. The Bertz CT molecular complexity index is 939. The summed E-state index contributed by atoms with van der Waals surface area (Å²) in [4.78, 5) is 21.2. The standard InChI is InChI=1S/C23H23N3O3/c1-17(26-23(27)21-7-5-18(6-8-21)15-25-28-2)20-9-11-22(12-10-20)29-16-19-4-3-13-24-14-19/h3-15,17H,16H2,1-2H3,(H,26,27)/b25-15+. The molecule has 3 aromatic rings. The Kier molecular flexibility index (Phi) is 6.95. The van der Waals surface area contributed by atoms with Crippen molar-refractivity contribution in [1.29, 1.82) is 0 Å². The molecule has 1 N–H and O–H groups in total. The van der Waals surface area contributed by atoms with Gasteiger partial charge in [0, 0.05) is 23.5 Å². The lowest BCUT2D eigenvalue weighted by Gasteiger charge is -2.15. The summed E-state index contributed by atoms with van der Waals surface area (Å²) < 4.78 is 5.77. The second kappa shape index (κ2) is 10.0. The van der Waals surface area contributed by atoms with Crippen LogP contribution in [0.4, 0.5) is 0 Å². The highest BCUT2D eigenvalue weighted by atomic mass is 16.6. The molecule has 0 bridgehead atoms. The van der Waals surface area contributed by atoms with Crippen LogP contribution in [0.3, 0.4) is 0 Å². The van der Waals surface area contributed by atoms with Crippen LogP contribution in [0.5, 0.6) is 5.75 Å². The number of pyridine rings is 1. The Morgan fingerprint density at radius 2 is 1.90 bits per heavy atom. The van der Waals surface area contributed by atoms with E-state index in [-0.39, 0.29) is 11.9 Å². The average Bonchev–Trinajstić information content (AvgIpc) is 2.77. The summed E-state index contributed by atoms with van der Waals surface area (Å²) in [5.41, 5.74) is 3.45. The third-order valence-corrected chi connectivity index (χ3v) is 4.34. The fraction of sp³-hybridized carbons (Fsp3) is 0.174. The summed E-state index contributed by atoms with van der Waals surface area (Å²) >= 11 is 0. The second-order valence-electron chi connectivity index (χ2n) is 6.45. The normalized spacial score (nSPS) is 11.8. The molecule has 2 aromatic carbocycles. The van der Waals surface area contributed by atoms with Crippen LogP contribution in [0.1, 0.15) is 40.0 Å². The van der Waals surface area contributed by atoms with Gasteiger partial charge in [-0.3, -0.25) is 9.78 Å². The number of rotatable bonds is 8. The summed E-state index contributed by atoms with van der Waals surface area (Å²) in [5, 5.41) is 6.71. The molecular weight excluding hydrogens is 366 g/mol. The molecule has 148 valence electrons. The minimum Gasteiger partial charge on any atom is -0.489 e. The molecule has 0 aliphatic heterocycles. The maximum absolute atomic E-state index is 12.5. The number of oxime groups is 1. The largest absolute Gasteiger partial charge is 0.489 e. The monoisotopic (exact) mass is 389 g/mol. The van der Waals surface area contributed by atoms with E-state index in [1.165, 1.54) is 7.11 Å². The number of aromatic nitrogens is 1. The van der Waals surface area contributed by atoms with Gasteiger partial charge in [0.05, 0.1) is 12.3 Å². The SMILES string of the molecule is CO/N=C/c1ccc(C(=O)NC(C)c2ccc(OCc3cccnc3)cc2)cc1. The number of carbonyl (C=O) groups is 1. The van der Waals surface area contributed by atoms with Crippen molar-refractivity contribution >= 4 is 12.1 Å². The first-order chi connectivity index (χ1) is 14.2. The van der Waals surface area contributed by atoms with Gasteiger partial charge in [0.2, 0.25) is 0 Å². The van der Waals surface area contributed by atoms with Crippen molar-refractivity contribution in [3.63, 3.8) is 0 Å². The minimum absolute atomic E-state index is 0.135. The van der Waals surface area contributed by atoms with Crippen LogP contribution < -0.4 is 10.1 Å². The fourth-order valence-electron chi connectivity index (χ4n) is 2.70. The number of hydrogen-bond donors (Lipinski definition) is 1. The quantitative estimate of drug-likeness (QED) is 0.464.